The van der Waals surface area contributed by atoms with E-state index >= 15 is 0 Å². The molecule has 0 bridgehead atoms. The second-order valence-electron chi connectivity index (χ2n) is 6.07. The van der Waals surface area contributed by atoms with Crippen molar-refractivity contribution in [3.05, 3.63) is 77.4 Å². The quantitative estimate of drug-likeness (QED) is 0.512. The van der Waals surface area contributed by atoms with Crippen LogP contribution >= 0.6 is 17.2 Å². The van der Waals surface area contributed by atoms with Crippen LogP contribution in [-0.4, -0.2) is 0 Å². The molecule has 0 radical (unpaired) electrons. The van der Waals surface area contributed by atoms with Crippen LogP contribution in [0.1, 0.15) is 16.7 Å². The average molecular weight is 336 g/mol. The molecule has 3 aromatic rings. The molecule has 23 heavy (non-hydrogen) atoms. The smallest absolute Gasteiger partial charge is 0.0154 e. The van der Waals surface area contributed by atoms with Crippen molar-refractivity contribution in [2.24, 2.45) is 0 Å². The van der Waals surface area contributed by atoms with Crippen molar-refractivity contribution in [2.45, 2.75) is 20.8 Å². The van der Waals surface area contributed by atoms with Crippen LogP contribution in [0.4, 0.5) is 0 Å². The highest BCUT2D eigenvalue weighted by Crippen LogP contribution is 2.31. The van der Waals surface area contributed by atoms with E-state index in [1.165, 1.54) is 44.2 Å². The first kappa shape index (κ1) is 16.4. The van der Waals surface area contributed by atoms with Crippen LogP contribution < -0.4 is 5.30 Å². The lowest BCUT2D eigenvalue weighted by atomic mass is 9.93. The molecule has 116 valence electrons. The zero-order valence-corrected chi connectivity index (χ0v) is 16.0. The molecule has 0 aliphatic heterocycles. The van der Waals surface area contributed by atoms with Crippen LogP contribution in [-0.2, 0) is 0 Å². The summed E-state index contributed by atoms with van der Waals surface area (Å²) in [6.07, 6.45) is 0. The molecule has 0 aromatic heterocycles. The van der Waals surface area contributed by atoms with Gasteiger partial charge in [-0.25, -0.2) is 0 Å². The van der Waals surface area contributed by atoms with Gasteiger partial charge in [0.1, 0.15) is 0 Å². The van der Waals surface area contributed by atoms with Crippen LogP contribution in [0.3, 0.4) is 0 Å². The van der Waals surface area contributed by atoms with Crippen molar-refractivity contribution in [1.82, 2.24) is 0 Å². The molecule has 0 N–H and O–H groups in total. The number of benzene rings is 3. The van der Waals surface area contributed by atoms with E-state index in [2.05, 4.69) is 90.4 Å². The molecule has 3 aromatic carbocycles. The Balaban J connectivity index is 2.00. The van der Waals surface area contributed by atoms with Crippen LogP contribution in [0.15, 0.2) is 60.7 Å². The van der Waals surface area contributed by atoms with Crippen molar-refractivity contribution in [2.75, 3.05) is 0 Å². The second kappa shape index (κ2) is 6.96. The first-order valence-electron chi connectivity index (χ1n) is 7.84. The number of aryl methyl sites for hydroxylation is 3. The SMILES string of the molecule is Cc1ccc(-c2ccc(-c3ccc(PP)cc3)c(C)c2)c(C)c1. The van der Waals surface area contributed by atoms with Crippen molar-refractivity contribution in [3.63, 3.8) is 0 Å². The van der Waals surface area contributed by atoms with Gasteiger partial charge in [-0.05, 0) is 59.5 Å². The van der Waals surface area contributed by atoms with Gasteiger partial charge < -0.3 is 0 Å². The lowest BCUT2D eigenvalue weighted by Gasteiger charge is -2.12. The van der Waals surface area contributed by atoms with Gasteiger partial charge in [-0.1, -0.05) is 74.5 Å². The van der Waals surface area contributed by atoms with Gasteiger partial charge >= 0.3 is 0 Å². The number of hydrogen-bond acceptors (Lipinski definition) is 0. The fraction of sp³-hybridized carbons (Fsp3) is 0.143. The second-order valence-corrected chi connectivity index (χ2v) is 7.80. The van der Waals surface area contributed by atoms with Crippen LogP contribution in [0.25, 0.3) is 22.3 Å². The lowest BCUT2D eigenvalue weighted by molar-refractivity contribution is 1.37. The Hall–Kier alpha value is -1.48. The van der Waals surface area contributed by atoms with E-state index in [1.807, 2.05) is 0 Å². The van der Waals surface area contributed by atoms with Gasteiger partial charge in [-0.15, -0.1) is 8.93 Å². The summed E-state index contributed by atoms with van der Waals surface area (Å²) in [4.78, 5) is 0. The highest BCUT2D eigenvalue weighted by Gasteiger charge is 2.07. The summed E-state index contributed by atoms with van der Waals surface area (Å²) in [6, 6.07) is 22.4. The molecule has 0 heterocycles. The van der Waals surface area contributed by atoms with Crippen LogP contribution in [0.5, 0.6) is 0 Å². The Bertz CT molecular complexity index is 833. The molecule has 3 rings (SSSR count). The Morgan fingerprint density at radius 2 is 1.22 bits per heavy atom. The van der Waals surface area contributed by atoms with E-state index in [-0.39, 0.29) is 0 Å². The van der Waals surface area contributed by atoms with E-state index in [4.69, 9.17) is 0 Å². The topological polar surface area (TPSA) is 0 Å². The summed E-state index contributed by atoms with van der Waals surface area (Å²) in [7, 11) is 3.58. The molecule has 0 aliphatic rings. The number of rotatable bonds is 3. The first-order valence-corrected chi connectivity index (χ1v) is 10.6. The predicted octanol–water partition coefficient (Wildman–Crippen LogP) is 6.04. The molecular weight excluding hydrogens is 314 g/mol. The third kappa shape index (κ3) is 3.55. The molecule has 0 spiro atoms. The van der Waals surface area contributed by atoms with Gasteiger partial charge in [-0.2, -0.15) is 0 Å². The molecule has 0 aliphatic carbocycles. The van der Waals surface area contributed by atoms with Gasteiger partial charge in [0, 0.05) is 0 Å². The maximum Gasteiger partial charge on any atom is -0.0154 e. The molecule has 2 heteroatoms. The summed E-state index contributed by atoms with van der Waals surface area (Å²) in [5, 5.41) is 1.38. The summed E-state index contributed by atoms with van der Waals surface area (Å²) in [5.74, 6) is 0. The van der Waals surface area contributed by atoms with E-state index in [1.54, 1.807) is 0 Å². The van der Waals surface area contributed by atoms with Gasteiger partial charge in [0.15, 0.2) is 0 Å². The zero-order valence-electron chi connectivity index (χ0n) is 13.9. The summed E-state index contributed by atoms with van der Waals surface area (Å²) in [6.45, 7) is 6.53. The van der Waals surface area contributed by atoms with Gasteiger partial charge in [0.05, 0.1) is 0 Å². The minimum Gasteiger partial charge on any atom is -0.110 e. The molecule has 0 amide bonds. The lowest BCUT2D eigenvalue weighted by Crippen LogP contribution is -1.92. The minimum absolute atomic E-state index is 0.774. The van der Waals surface area contributed by atoms with E-state index < -0.39 is 0 Å². The normalized spacial score (nSPS) is 11.3. The van der Waals surface area contributed by atoms with E-state index in [0.29, 0.717) is 0 Å². The monoisotopic (exact) mass is 336 g/mol. The third-order valence-electron chi connectivity index (χ3n) is 4.28. The zero-order chi connectivity index (χ0) is 16.4. The average Bonchev–Trinajstić information content (AvgIpc) is 2.55. The Morgan fingerprint density at radius 1 is 0.652 bits per heavy atom. The molecular formula is C21H22P2. The van der Waals surface area contributed by atoms with Gasteiger partial charge in [-0.3, -0.25) is 0 Å². The summed E-state index contributed by atoms with van der Waals surface area (Å²) in [5.41, 5.74) is 9.21. The third-order valence-corrected chi connectivity index (χ3v) is 5.95. The largest absolute Gasteiger partial charge is 0.110 e. The maximum atomic E-state index is 2.80. The minimum atomic E-state index is 0.774. The first-order chi connectivity index (χ1) is 11.1. The Kier molecular flexibility index (Phi) is 4.96. The highest BCUT2D eigenvalue weighted by molar-refractivity contribution is 8.06. The Labute approximate surface area is 143 Å². The van der Waals surface area contributed by atoms with E-state index in [0.717, 1.165) is 8.27 Å². The molecule has 0 saturated carbocycles. The maximum absolute atomic E-state index is 2.80. The number of hydrogen-bond donors (Lipinski definition) is 0. The van der Waals surface area contributed by atoms with Crippen molar-refractivity contribution in [3.8, 4) is 22.3 Å². The molecule has 2 atom stereocenters. The van der Waals surface area contributed by atoms with Crippen molar-refractivity contribution < 1.29 is 0 Å². The molecule has 0 saturated heterocycles. The van der Waals surface area contributed by atoms with Crippen molar-refractivity contribution >= 4 is 22.5 Å². The van der Waals surface area contributed by atoms with E-state index in [9.17, 15) is 0 Å². The van der Waals surface area contributed by atoms with Gasteiger partial charge in [0.25, 0.3) is 0 Å². The fourth-order valence-corrected chi connectivity index (χ4v) is 3.98. The summed E-state index contributed by atoms with van der Waals surface area (Å²) < 4.78 is 0. The van der Waals surface area contributed by atoms with Gasteiger partial charge in [0.2, 0.25) is 0 Å². The summed E-state index contributed by atoms with van der Waals surface area (Å²) >= 11 is 0. The molecule has 0 fully saturated rings. The standard InChI is InChI=1S/C21H22P2/c1-14-4-10-21(15(2)12-14)18-7-11-20(16(3)13-18)17-5-8-19(23-22)9-6-17/h4-13,23H,22H2,1-3H3. The fourth-order valence-electron chi connectivity index (χ4n) is 3.04. The van der Waals surface area contributed by atoms with Crippen molar-refractivity contribution in [1.29, 1.82) is 0 Å². The molecule has 0 nitrogen and oxygen atoms in total. The van der Waals surface area contributed by atoms with Crippen LogP contribution in [0, 0.1) is 20.8 Å². The highest BCUT2D eigenvalue weighted by atomic mass is 32.0. The predicted molar refractivity (Wildman–Crippen MR) is 109 cm³/mol. The molecule has 2 unspecified atom stereocenters. The Morgan fingerprint density at radius 3 is 1.83 bits per heavy atom. The van der Waals surface area contributed by atoms with Crippen LogP contribution in [0.2, 0.25) is 0 Å².